The van der Waals surface area contributed by atoms with Gasteiger partial charge in [-0.25, -0.2) is 0 Å². The Morgan fingerprint density at radius 1 is 1.77 bits per heavy atom. The highest BCUT2D eigenvalue weighted by Crippen LogP contribution is 2.03. The Morgan fingerprint density at radius 2 is 2.54 bits per heavy atom. The molecule has 0 bridgehead atoms. The number of carbonyl (C=O) groups excluding carboxylic acids is 1. The maximum absolute atomic E-state index is 11.3. The molecule has 0 fully saturated rings. The normalized spacial score (nSPS) is 12.0. The van der Waals surface area contributed by atoms with Crippen LogP contribution in [0.5, 0.6) is 0 Å². The van der Waals surface area contributed by atoms with Crippen molar-refractivity contribution in [1.29, 1.82) is 0 Å². The van der Waals surface area contributed by atoms with Gasteiger partial charge in [-0.1, -0.05) is 0 Å². The van der Waals surface area contributed by atoms with Crippen molar-refractivity contribution in [3.8, 4) is 12.3 Å². The van der Waals surface area contributed by atoms with Gasteiger partial charge in [0.05, 0.1) is 18.7 Å². The van der Waals surface area contributed by atoms with E-state index in [-0.39, 0.29) is 18.6 Å². The second-order valence-electron chi connectivity index (χ2n) is 2.74. The lowest BCUT2D eigenvalue weighted by atomic mass is 10.1. The van der Waals surface area contributed by atoms with Gasteiger partial charge in [-0.2, -0.15) is 0 Å². The smallest absolute Gasteiger partial charge is 0.158 e. The zero-order valence-corrected chi connectivity index (χ0v) is 7.19. The highest BCUT2D eigenvalue weighted by Gasteiger charge is 2.13. The van der Waals surface area contributed by atoms with Gasteiger partial charge in [-0.3, -0.25) is 4.79 Å². The SMILES string of the molecule is C#CCC(N)C(=O)Cc1ccco1. The number of rotatable bonds is 4. The molecule has 0 amide bonds. The maximum atomic E-state index is 11.3. The molecular weight excluding hydrogens is 166 g/mol. The molecule has 1 heterocycles. The summed E-state index contributed by atoms with van der Waals surface area (Å²) in [5.41, 5.74) is 5.51. The number of furan rings is 1. The molecule has 2 N–H and O–H groups in total. The molecule has 1 atom stereocenters. The summed E-state index contributed by atoms with van der Waals surface area (Å²) in [4.78, 5) is 11.3. The van der Waals surface area contributed by atoms with E-state index in [0.29, 0.717) is 5.76 Å². The molecule has 0 aliphatic carbocycles. The van der Waals surface area contributed by atoms with E-state index in [9.17, 15) is 4.79 Å². The molecule has 68 valence electrons. The van der Waals surface area contributed by atoms with Crippen molar-refractivity contribution in [1.82, 2.24) is 0 Å². The number of hydrogen-bond acceptors (Lipinski definition) is 3. The molecular formula is C10H11NO2. The third kappa shape index (κ3) is 2.77. The molecule has 0 aliphatic heterocycles. The predicted molar refractivity (Wildman–Crippen MR) is 48.8 cm³/mol. The number of carbonyl (C=O) groups is 1. The Morgan fingerprint density at radius 3 is 3.08 bits per heavy atom. The van der Waals surface area contributed by atoms with E-state index in [1.54, 1.807) is 12.1 Å². The van der Waals surface area contributed by atoms with Gasteiger partial charge in [0.2, 0.25) is 0 Å². The van der Waals surface area contributed by atoms with Gasteiger partial charge in [0, 0.05) is 6.42 Å². The standard InChI is InChI=1S/C10H11NO2/c1-2-4-9(11)10(12)7-8-5-3-6-13-8/h1,3,5-6,9H,4,7,11H2. The molecule has 1 aromatic rings. The molecule has 0 aromatic carbocycles. The van der Waals surface area contributed by atoms with E-state index in [2.05, 4.69) is 5.92 Å². The van der Waals surface area contributed by atoms with Crippen LogP contribution in [0, 0.1) is 12.3 Å². The average Bonchev–Trinajstić information content (AvgIpc) is 2.57. The van der Waals surface area contributed by atoms with Gasteiger partial charge in [-0.15, -0.1) is 12.3 Å². The summed E-state index contributed by atoms with van der Waals surface area (Å²) in [7, 11) is 0. The van der Waals surface area contributed by atoms with Crippen LogP contribution < -0.4 is 5.73 Å². The van der Waals surface area contributed by atoms with Crippen LogP contribution in [0.4, 0.5) is 0 Å². The highest BCUT2D eigenvalue weighted by atomic mass is 16.3. The topological polar surface area (TPSA) is 56.2 Å². The van der Waals surface area contributed by atoms with Crippen molar-refractivity contribution in [3.63, 3.8) is 0 Å². The van der Waals surface area contributed by atoms with Gasteiger partial charge in [0.15, 0.2) is 5.78 Å². The van der Waals surface area contributed by atoms with Crippen LogP contribution in [0.3, 0.4) is 0 Å². The summed E-state index contributed by atoms with van der Waals surface area (Å²) >= 11 is 0. The van der Waals surface area contributed by atoms with Gasteiger partial charge >= 0.3 is 0 Å². The highest BCUT2D eigenvalue weighted by molar-refractivity contribution is 5.85. The number of nitrogens with two attached hydrogens (primary N) is 1. The number of Topliss-reactive ketones (excluding diaryl/α,β-unsaturated/α-hetero) is 1. The van der Waals surface area contributed by atoms with E-state index in [4.69, 9.17) is 16.6 Å². The number of hydrogen-bond donors (Lipinski definition) is 1. The Kier molecular flexibility index (Phi) is 3.30. The molecule has 3 nitrogen and oxygen atoms in total. The molecule has 0 aliphatic rings. The minimum atomic E-state index is -0.574. The summed E-state index contributed by atoms with van der Waals surface area (Å²) in [6.45, 7) is 0. The van der Waals surface area contributed by atoms with Gasteiger partial charge in [0.1, 0.15) is 5.76 Å². The van der Waals surface area contributed by atoms with E-state index in [0.717, 1.165) is 0 Å². The van der Waals surface area contributed by atoms with Crippen LogP contribution in [-0.4, -0.2) is 11.8 Å². The fourth-order valence-corrected chi connectivity index (χ4v) is 0.957. The van der Waals surface area contributed by atoms with Crippen molar-refractivity contribution < 1.29 is 9.21 Å². The van der Waals surface area contributed by atoms with E-state index < -0.39 is 6.04 Å². The lowest BCUT2D eigenvalue weighted by Crippen LogP contribution is -2.31. The van der Waals surface area contributed by atoms with Crippen molar-refractivity contribution in [2.75, 3.05) is 0 Å². The van der Waals surface area contributed by atoms with Crippen molar-refractivity contribution >= 4 is 5.78 Å². The minimum absolute atomic E-state index is 0.0899. The Labute approximate surface area is 76.9 Å². The first-order chi connectivity index (χ1) is 6.24. The summed E-state index contributed by atoms with van der Waals surface area (Å²) in [6, 6.07) is 2.89. The Balaban J connectivity index is 2.47. The van der Waals surface area contributed by atoms with Crippen LogP contribution in [0.2, 0.25) is 0 Å². The summed E-state index contributed by atoms with van der Waals surface area (Å²) < 4.78 is 5.00. The largest absolute Gasteiger partial charge is 0.469 e. The molecule has 1 unspecified atom stereocenters. The van der Waals surface area contributed by atoms with Crippen molar-refractivity contribution in [2.24, 2.45) is 5.73 Å². The molecule has 0 radical (unpaired) electrons. The summed E-state index contributed by atoms with van der Waals surface area (Å²) in [6.07, 6.45) is 7.05. The second kappa shape index (κ2) is 4.48. The third-order valence-corrected chi connectivity index (χ3v) is 1.68. The fraction of sp³-hybridized carbons (Fsp3) is 0.300. The number of terminal acetylenes is 1. The maximum Gasteiger partial charge on any atom is 0.158 e. The van der Waals surface area contributed by atoms with Crippen LogP contribution in [0.1, 0.15) is 12.2 Å². The van der Waals surface area contributed by atoms with Crippen molar-refractivity contribution in [3.05, 3.63) is 24.2 Å². The van der Waals surface area contributed by atoms with Gasteiger partial charge in [-0.05, 0) is 12.1 Å². The minimum Gasteiger partial charge on any atom is -0.469 e. The van der Waals surface area contributed by atoms with E-state index in [1.165, 1.54) is 6.26 Å². The Bertz CT molecular complexity index is 308. The van der Waals surface area contributed by atoms with Gasteiger partial charge < -0.3 is 10.2 Å². The molecule has 0 saturated carbocycles. The van der Waals surface area contributed by atoms with Gasteiger partial charge in [0.25, 0.3) is 0 Å². The first-order valence-electron chi connectivity index (χ1n) is 3.98. The van der Waals surface area contributed by atoms with E-state index >= 15 is 0 Å². The molecule has 13 heavy (non-hydrogen) atoms. The number of ketones is 1. The van der Waals surface area contributed by atoms with Crippen LogP contribution >= 0.6 is 0 Å². The molecule has 1 aromatic heterocycles. The van der Waals surface area contributed by atoms with Crippen LogP contribution in [-0.2, 0) is 11.2 Å². The Hall–Kier alpha value is -1.53. The summed E-state index contributed by atoms with van der Waals surface area (Å²) in [5, 5.41) is 0. The first kappa shape index (κ1) is 9.56. The lowest BCUT2D eigenvalue weighted by Gasteiger charge is -2.04. The first-order valence-corrected chi connectivity index (χ1v) is 3.98. The lowest BCUT2D eigenvalue weighted by molar-refractivity contribution is -0.119. The molecule has 0 saturated heterocycles. The molecule has 0 spiro atoms. The average molecular weight is 177 g/mol. The molecule has 1 rings (SSSR count). The summed E-state index contributed by atoms with van der Waals surface area (Å²) in [5.74, 6) is 2.88. The third-order valence-electron chi connectivity index (χ3n) is 1.68. The zero-order chi connectivity index (χ0) is 9.68. The molecule has 3 heteroatoms. The fourth-order valence-electron chi connectivity index (χ4n) is 0.957. The van der Waals surface area contributed by atoms with Crippen molar-refractivity contribution in [2.45, 2.75) is 18.9 Å². The zero-order valence-electron chi connectivity index (χ0n) is 7.19. The second-order valence-corrected chi connectivity index (χ2v) is 2.74. The quantitative estimate of drug-likeness (QED) is 0.690. The monoisotopic (exact) mass is 177 g/mol. The van der Waals surface area contributed by atoms with Crippen LogP contribution in [0.15, 0.2) is 22.8 Å². The predicted octanol–water partition coefficient (Wildman–Crippen LogP) is 0.742. The van der Waals surface area contributed by atoms with Crippen LogP contribution in [0.25, 0.3) is 0 Å². The van der Waals surface area contributed by atoms with E-state index in [1.807, 2.05) is 0 Å².